The normalized spacial score (nSPS) is 29.6. The molecule has 1 atom stereocenters. The van der Waals surface area contributed by atoms with Gasteiger partial charge in [0.1, 0.15) is 0 Å². The molecule has 86 valence electrons. The van der Waals surface area contributed by atoms with Crippen molar-refractivity contribution in [2.75, 3.05) is 0 Å². The Labute approximate surface area is 103 Å². The number of rotatable bonds is 0. The van der Waals surface area contributed by atoms with Crippen LogP contribution in [0.25, 0.3) is 0 Å². The van der Waals surface area contributed by atoms with Crippen LogP contribution in [0.15, 0.2) is 60.2 Å². The number of hydrogen-bond donors (Lipinski definition) is 0. The highest BCUT2D eigenvalue weighted by atomic mass is 14.2. The van der Waals surface area contributed by atoms with Crippen LogP contribution in [0.5, 0.6) is 0 Å². The van der Waals surface area contributed by atoms with Gasteiger partial charge in [0.05, 0.1) is 0 Å². The van der Waals surface area contributed by atoms with Crippen LogP contribution in [-0.4, -0.2) is 0 Å². The highest BCUT2D eigenvalue weighted by Crippen LogP contribution is 2.26. The summed E-state index contributed by atoms with van der Waals surface area (Å²) < 4.78 is 0. The Morgan fingerprint density at radius 3 is 2.76 bits per heavy atom. The lowest BCUT2D eigenvalue weighted by Gasteiger charge is -2.20. The molecule has 0 amide bonds. The average molecular weight is 222 g/mol. The predicted octanol–water partition coefficient (Wildman–Crippen LogP) is 4.23. The highest BCUT2D eigenvalue weighted by Gasteiger charge is 2.13. The molecule has 3 rings (SSSR count). The fraction of sp³-hybridized carbons (Fsp3) is 0.294. The van der Waals surface area contributed by atoms with Gasteiger partial charge in [0, 0.05) is 0 Å². The summed E-state index contributed by atoms with van der Waals surface area (Å²) in [4.78, 5) is 0. The van der Waals surface area contributed by atoms with E-state index >= 15 is 0 Å². The maximum atomic E-state index is 2.48. The summed E-state index contributed by atoms with van der Waals surface area (Å²) in [6.07, 6.45) is 16.1. The minimum Gasteiger partial charge on any atom is -0.0839 e. The monoisotopic (exact) mass is 222 g/mol. The molecule has 1 aromatic rings. The Hall–Kier alpha value is -1.56. The lowest BCUT2D eigenvalue weighted by Crippen LogP contribution is -2.08. The lowest BCUT2D eigenvalue weighted by atomic mass is 9.85. The van der Waals surface area contributed by atoms with Gasteiger partial charge in [-0.05, 0) is 42.7 Å². The Balaban J connectivity index is 1.96. The van der Waals surface area contributed by atoms with Crippen LogP contribution in [0.4, 0.5) is 0 Å². The molecule has 0 nitrogen and oxygen atoms in total. The summed E-state index contributed by atoms with van der Waals surface area (Å²) in [5, 5.41) is 0. The predicted molar refractivity (Wildman–Crippen MR) is 72.9 cm³/mol. The molecule has 0 radical (unpaired) electrons. The molecule has 0 spiro atoms. The molecule has 2 aliphatic carbocycles. The molecule has 0 saturated carbocycles. The molecule has 0 aliphatic heterocycles. The van der Waals surface area contributed by atoms with Crippen molar-refractivity contribution in [3.8, 4) is 0 Å². The van der Waals surface area contributed by atoms with E-state index in [0.717, 1.165) is 0 Å². The van der Waals surface area contributed by atoms with Crippen LogP contribution >= 0.6 is 0 Å². The van der Waals surface area contributed by atoms with Crippen LogP contribution in [0.1, 0.15) is 24.0 Å². The number of hydrogen-bond acceptors (Lipinski definition) is 0. The Morgan fingerprint density at radius 2 is 1.82 bits per heavy atom. The molecule has 17 heavy (non-hydrogen) atoms. The highest BCUT2D eigenvalue weighted by molar-refractivity contribution is 5.34. The molecule has 0 aromatic heterocycles. The second-order valence-corrected chi connectivity index (χ2v) is 5.00. The molecule has 2 bridgehead atoms. The molecule has 1 unspecified atom stereocenters. The molecule has 0 N–H and O–H groups in total. The van der Waals surface area contributed by atoms with Crippen molar-refractivity contribution in [2.45, 2.75) is 25.7 Å². The third-order valence-corrected chi connectivity index (χ3v) is 3.73. The van der Waals surface area contributed by atoms with Gasteiger partial charge in [0.15, 0.2) is 0 Å². The molecular formula is C17H18. The molecule has 0 heterocycles. The third-order valence-electron chi connectivity index (χ3n) is 3.73. The van der Waals surface area contributed by atoms with E-state index in [9.17, 15) is 0 Å². The van der Waals surface area contributed by atoms with E-state index < -0.39 is 0 Å². The second-order valence-electron chi connectivity index (χ2n) is 5.00. The van der Waals surface area contributed by atoms with Gasteiger partial charge in [-0.15, -0.1) is 0 Å². The fourth-order valence-electron chi connectivity index (χ4n) is 2.81. The molecule has 2 aliphatic rings. The summed E-state index contributed by atoms with van der Waals surface area (Å²) in [7, 11) is 0. The minimum atomic E-state index is 0.674. The van der Waals surface area contributed by atoms with Crippen molar-refractivity contribution < 1.29 is 0 Å². The first kappa shape index (κ1) is 10.6. The molecule has 0 fully saturated rings. The summed E-state index contributed by atoms with van der Waals surface area (Å²) >= 11 is 0. The standard InChI is InChI=1S/C17H18/c1-2-6-14-10-11-16-8-4-5-9-17(16)13-15(12-14)7-3-1/h1-6,8-9,12,15H,7,10-11,13H2/b3-1-,6-2-,14-12-. The number of fused-ring (bicyclic) bond motifs is 2. The van der Waals surface area contributed by atoms with Crippen molar-refractivity contribution in [2.24, 2.45) is 5.92 Å². The van der Waals surface area contributed by atoms with Gasteiger partial charge < -0.3 is 0 Å². The number of aryl methyl sites for hydroxylation is 1. The Kier molecular flexibility index (Phi) is 2.96. The van der Waals surface area contributed by atoms with E-state index in [1.807, 2.05) is 0 Å². The number of allylic oxidation sites excluding steroid dienone is 6. The van der Waals surface area contributed by atoms with Gasteiger partial charge in [-0.25, -0.2) is 0 Å². The zero-order valence-electron chi connectivity index (χ0n) is 10.1. The summed E-state index contributed by atoms with van der Waals surface area (Å²) in [6.45, 7) is 0. The van der Waals surface area contributed by atoms with Gasteiger partial charge in [0.25, 0.3) is 0 Å². The van der Waals surface area contributed by atoms with E-state index in [-0.39, 0.29) is 0 Å². The van der Waals surface area contributed by atoms with E-state index in [1.54, 1.807) is 11.1 Å². The topological polar surface area (TPSA) is 0 Å². The van der Waals surface area contributed by atoms with E-state index in [4.69, 9.17) is 0 Å². The quantitative estimate of drug-likeness (QED) is 0.616. The molecular weight excluding hydrogens is 204 g/mol. The van der Waals surface area contributed by atoms with E-state index in [0.29, 0.717) is 5.92 Å². The second kappa shape index (κ2) is 4.75. The largest absolute Gasteiger partial charge is 0.0839 e. The summed E-state index contributed by atoms with van der Waals surface area (Å²) in [6, 6.07) is 8.93. The zero-order chi connectivity index (χ0) is 11.5. The molecule has 0 saturated heterocycles. The van der Waals surface area contributed by atoms with Crippen molar-refractivity contribution in [3.05, 3.63) is 71.3 Å². The first-order valence-electron chi connectivity index (χ1n) is 6.52. The fourth-order valence-corrected chi connectivity index (χ4v) is 2.81. The van der Waals surface area contributed by atoms with Crippen molar-refractivity contribution >= 4 is 0 Å². The SMILES string of the molecule is C1=C/CC2/C=C(/C=C\1)CCc1ccccc1C2. The lowest BCUT2D eigenvalue weighted by molar-refractivity contribution is 0.638. The van der Waals surface area contributed by atoms with Crippen LogP contribution in [-0.2, 0) is 12.8 Å². The third kappa shape index (κ3) is 2.41. The van der Waals surface area contributed by atoms with Gasteiger partial charge in [0.2, 0.25) is 0 Å². The Morgan fingerprint density at radius 1 is 0.941 bits per heavy atom. The van der Waals surface area contributed by atoms with Crippen LogP contribution in [0.2, 0.25) is 0 Å². The van der Waals surface area contributed by atoms with E-state index in [2.05, 4.69) is 54.6 Å². The minimum absolute atomic E-state index is 0.674. The van der Waals surface area contributed by atoms with Gasteiger partial charge >= 0.3 is 0 Å². The zero-order valence-corrected chi connectivity index (χ0v) is 10.1. The first-order valence-corrected chi connectivity index (χ1v) is 6.52. The van der Waals surface area contributed by atoms with Crippen molar-refractivity contribution in [1.82, 2.24) is 0 Å². The average Bonchev–Trinajstić information content (AvgIpc) is 2.28. The molecule has 1 aromatic carbocycles. The van der Waals surface area contributed by atoms with Crippen LogP contribution in [0, 0.1) is 5.92 Å². The van der Waals surface area contributed by atoms with E-state index in [1.165, 1.54) is 31.3 Å². The maximum absolute atomic E-state index is 2.48. The van der Waals surface area contributed by atoms with Crippen molar-refractivity contribution in [3.63, 3.8) is 0 Å². The summed E-state index contributed by atoms with van der Waals surface area (Å²) in [5.74, 6) is 0.674. The maximum Gasteiger partial charge on any atom is -0.0152 e. The first-order chi connectivity index (χ1) is 8.42. The van der Waals surface area contributed by atoms with Crippen LogP contribution in [0.3, 0.4) is 0 Å². The summed E-state index contributed by atoms with van der Waals surface area (Å²) in [5.41, 5.74) is 4.60. The van der Waals surface area contributed by atoms with Gasteiger partial charge in [-0.1, -0.05) is 60.2 Å². The van der Waals surface area contributed by atoms with Crippen LogP contribution < -0.4 is 0 Å². The Bertz CT molecular complexity index is 489. The van der Waals surface area contributed by atoms with Gasteiger partial charge in [-0.3, -0.25) is 0 Å². The van der Waals surface area contributed by atoms with Gasteiger partial charge in [-0.2, -0.15) is 0 Å². The molecule has 0 heteroatoms. The number of benzene rings is 1. The smallest absolute Gasteiger partial charge is 0.0152 e. The van der Waals surface area contributed by atoms with Crippen molar-refractivity contribution in [1.29, 1.82) is 0 Å².